The second-order valence-corrected chi connectivity index (χ2v) is 4.71. The SMILES string of the molecule is CC(CC(=O)NC1CCCCC1)[B-](F)(F)F. The highest BCUT2D eigenvalue weighted by molar-refractivity contribution is 6.60. The van der Waals surface area contributed by atoms with Crippen LogP contribution in [0.15, 0.2) is 0 Å². The van der Waals surface area contributed by atoms with Gasteiger partial charge in [-0.05, 0) is 12.8 Å². The first-order valence-corrected chi connectivity index (χ1v) is 5.89. The molecule has 16 heavy (non-hydrogen) atoms. The summed E-state index contributed by atoms with van der Waals surface area (Å²) in [4.78, 5) is 11.4. The summed E-state index contributed by atoms with van der Waals surface area (Å²) >= 11 is 0. The van der Waals surface area contributed by atoms with Crippen LogP contribution in [0.4, 0.5) is 12.9 Å². The molecule has 1 aliphatic rings. The van der Waals surface area contributed by atoms with E-state index in [0.717, 1.165) is 39.0 Å². The smallest absolute Gasteiger partial charge is 0.449 e. The Bertz CT molecular complexity index is 239. The Balaban J connectivity index is 2.29. The van der Waals surface area contributed by atoms with Crippen molar-refractivity contribution in [3.63, 3.8) is 0 Å². The maximum atomic E-state index is 12.3. The van der Waals surface area contributed by atoms with Crippen LogP contribution in [-0.4, -0.2) is 18.9 Å². The van der Waals surface area contributed by atoms with Crippen LogP contribution in [0.5, 0.6) is 0 Å². The number of carbonyl (C=O) groups excluding carboxylic acids is 1. The molecule has 1 rings (SSSR count). The average Bonchev–Trinajstić information content (AvgIpc) is 2.17. The highest BCUT2D eigenvalue weighted by atomic mass is 19.4. The van der Waals surface area contributed by atoms with E-state index < -0.39 is 25.1 Å². The van der Waals surface area contributed by atoms with Crippen LogP contribution >= 0.6 is 0 Å². The van der Waals surface area contributed by atoms with Crippen LogP contribution in [-0.2, 0) is 4.79 Å². The number of carbonyl (C=O) groups is 1. The molecule has 0 saturated heterocycles. The minimum atomic E-state index is -4.89. The van der Waals surface area contributed by atoms with Gasteiger partial charge in [0.05, 0.1) is 0 Å². The number of hydrogen-bond acceptors (Lipinski definition) is 1. The van der Waals surface area contributed by atoms with Crippen LogP contribution in [0.2, 0.25) is 5.82 Å². The van der Waals surface area contributed by atoms with E-state index in [1.807, 2.05) is 0 Å². The molecule has 1 unspecified atom stereocenters. The molecule has 1 saturated carbocycles. The van der Waals surface area contributed by atoms with Gasteiger partial charge in [-0.2, -0.15) is 0 Å². The molecule has 1 fully saturated rings. The molecule has 94 valence electrons. The van der Waals surface area contributed by atoms with Gasteiger partial charge in [-0.1, -0.05) is 32.0 Å². The van der Waals surface area contributed by atoms with E-state index in [0.29, 0.717) is 0 Å². The third-order valence-electron chi connectivity index (χ3n) is 3.12. The molecule has 0 aromatic heterocycles. The van der Waals surface area contributed by atoms with Crippen LogP contribution in [0.1, 0.15) is 45.4 Å². The second kappa shape index (κ2) is 5.59. The predicted octanol–water partition coefficient (Wildman–Crippen LogP) is 3.06. The van der Waals surface area contributed by atoms with Gasteiger partial charge in [-0.15, -0.1) is 0 Å². The fraction of sp³-hybridized carbons (Fsp3) is 0.900. The second-order valence-electron chi connectivity index (χ2n) is 4.71. The zero-order valence-corrected chi connectivity index (χ0v) is 9.52. The number of rotatable bonds is 4. The molecule has 1 N–H and O–H groups in total. The van der Waals surface area contributed by atoms with E-state index in [-0.39, 0.29) is 6.04 Å². The Labute approximate surface area is 94.0 Å². The summed E-state index contributed by atoms with van der Waals surface area (Å²) in [5.41, 5.74) is 0. The van der Waals surface area contributed by atoms with Gasteiger partial charge in [0.1, 0.15) is 0 Å². The van der Waals surface area contributed by atoms with E-state index >= 15 is 0 Å². The van der Waals surface area contributed by atoms with Crippen molar-refractivity contribution in [2.24, 2.45) is 0 Å². The number of hydrogen-bond donors (Lipinski definition) is 1. The lowest BCUT2D eigenvalue weighted by Crippen LogP contribution is -2.38. The monoisotopic (exact) mass is 236 g/mol. The topological polar surface area (TPSA) is 29.1 Å². The Kier molecular flexibility index (Phi) is 4.68. The summed E-state index contributed by atoms with van der Waals surface area (Å²) in [5, 5.41) is 2.69. The quantitative estimate of drug-likeness (QED) is 0.746. The molecule has 0 aromatic rings. The van der Waals surface area contributed by atoms with Gasteiger partial charge in [0.15, 0.2) is 0 Å². The summed E-state index contributed by atoms with van der Waals surface area (Å²) in [6.45, 7) is -3.82. The van der Waals surface area contributed by atoms with Gasteiger partial charge >= 0.3 is 6.98 Å². The molecule has 1 atom stereocenters. The largest absolute Gasteiger partial charge is 0.481 e. The third kappa shape index (κ3) is 4.45. The van der Waals surface area contributed by atoms with Crippen LogP contribution in [0, 0.1) is 0 Å². The van der Waals surface area contributed by atoms with Crippen molar-refractivity contribution in [2.45, 2.75) is 57.3 Å². The lowest BCUT2D eigenvalue weighted by molar-refractivity contribution is -0.122. The van der Waals surface area contributed by atoms with Crippen LogP contribution in [0.3, 0.4) is 0 Å². The van der Waals surface area contributed by atoms with Crippen LogP contribution in [0.25, 0.3) is 0 Å². The van der Waals surface area contributed by atoms with Gasteiger partial charge in [0, 0.05) is 12.5 Å². The van der Waals surface area contributed by atoms with Crippen molar-refractivity contribution in [3.05, 3.63) is 0 Å². The molecule has 0 aliphatic heterocycles. The molecule has 1 aliphatic carbocycles. The number of halogens is 3. The average molecular weight is 236 g/mol. The summed E-state index contributed by atoms with van der Waals surface area (Å²) in [6.07, 6.45) is 4.65. The van der Waals surface area contributed by atoms with Crippen molar-refractivity contribution >= 4 is 12.9 Å². The van der Waals surface area contributed by atoms with E-state index in [4.69, 9.17) is 0 Å². The summed E-state index contributed by atoms with van der Waals surface area (Å²) in [7, 11) is 0. The standard InChI is InChI=1S/C10H18BF3NO/c1-8(11(12,13)14)7-10(16)15-9-5-3-2-4-6-9/h8-9H,2-7H2,1H3,(H,15,16)/q-1. The molecule has 6 heteroatoms. The molecule has 0 spiro atoms. The van der Waals surface area contributed by atoms with Crippen molar-refractivity contribution in [3.8, 4) is 0 Å². The molecule has 1 amide bonds. The minimum absolute atomic E-state index is 0.0918. The molecule has 0 heterocycles. The van der Waals surface area contributed by atoms with E-state index in [1.54, 1.807) is 0 Å². The molecule has 0 aromatic carbocycles. The summed E-state index contributed by atoms with van der Waals surface area (Å²) in [5.74, 6) is -1.96. The highest BCUT2D eigenvalue weighted by Crippen LogP contribution is 2.28. The number of nitrogens with one attached hydrogen (secondary N) is 1. The Morgan fingerprint density at radius 2 is 1.88 bits per heavy atom. The molecule has 0 bridgehead atoms. The van der Waals surface area contributed by atoms with Crippen molar-refractivity contribution in [1.82, 2.24) is 5.32 Å². The van der Waals surface area contributed by atoms with Crippen molar-refractivity contribution < 1.29 is 17.7 Å². The molecule has 0 radical (unpaired) electrons. The fourth-order valence-corrected chi connectivity index (χ4v) is 1.96. The lowest BCUT2D eigenvalue weighted by atomic mass is 9.72. The maximum absolute atomic E-state index is 12.3. The first-order valence-electron chi connectivity index (χ1n) is 5.89. The fourth-order valence-electron chi connectivity index (χ4n) is 1.96. The highest BCUT2D eigenvalue weighted by Gasteiger charge is 2.32. The summed E-state index contributed by atoms with van der Waals surface area (Å²) in [6, 6.07) is 0.0918. The third-order valence-corrected chi connectivity index (χ3v) is 3.12. The van der Waals surface area contributed by atoms with Gasteiger partial charge in [0.25, 0.3) is 0 Å². The van der Waals surface area contributed by atoms with E-state index in [2.05, 4.69) is 5.32 Å². The van der Waals surface area contributed by atoms with Crippen molar-refractivity contribution in [1.29, 1.82) is 0 Å². The first-order chi connectivity index (χ1) is 7.39. The Hall–Kier alpha value is -0.675. The predicted molar refractivity (Wildman–Crippen MR) is 58.1 cm³/mol. The Morgan fingerprint density at radius 3 is 2.38 bits per heavy atom. The molecule has 2 nitrogen and oxygen atoms in total. The van der Waals surface area contributed by atoms with Gasteiger partial charge in [-0.3, -0.25) is 4.79 Å². The summed E-state index contributed by atoms with van der Waals surface area (Å²) < 4.78 is 36.8. The zero-order valence-electron chi connectivity index (χ0n) is 9.52. The van der Waals surface area contributed by atoms with E-state index in [9.17, 15) is 17.7 Å². The van der Waals surface area contributed by atoms with Gasteiger partial charge in [-0.25, -0.2) is 0 Å². The van der Waals surface area contributed by atoms with Crippen LogP contribution < -0.4 is 5.32 Å². The minimum Gasteiger partial charge on any atom is -0.449 e. The molecular weight excluding hydrogens is 218 g/mol. The van der Waals surface area contributed by atoms with E-state index in [1.165, 1.54) is 0 Å². The first kappa shape index (κ1) is 13.4. The molecular formula is C10H18BF3NO-. The number of amides is 1. The lowest BCUT2D eigenvalue weighted by Gasteiger charge is -2.26. The van der Waals surface area contributed by atoms with Gasteiger partial charge < -0.3 is 18.3 Å². The van der Waals surface area contributed by atoms with Gasteiger partial charge in [0.2, 0.25) is 5.91 Å². The Morgan fingerprint density at radius 1 is 1.31 bits per heavy atom. The van der Waals surface area contributed by atoms with Crippen molar-refractivity contribution in [2.75, 3.05) is 0 Å². The normalized spacial score (nSPS) is 20.5. The maximum Gasteiger partial charge on any atom is 0.481 e. The zero-order chi connectivity index (χ0) is 12.2.